The smallest absolute Gasteiger partial charge is 0.419 e. The van der Waals surface area contributed by atoms with Gasteiger partial charge in [0, 0.05) is 50.4 Å². The summed E-state index contributed by atoms with van der Waals surface area (Å²) in [4.78, 5) is 20.9. The van der Waals surface area contributed by atoms with Gasteiger partial charge in [-0.15, -0.1) is 0 Å². The molecule has 6 rings (SSSR count). The first-order valence-corrected chi connectivity index (χ1v) is 14.0. The third-order valence-electron chi connectivity index (χ3n) is 7.33. The maximum Gasteiger partial charge on any atom is 0.419 e. The van der Waals surface area contributed by atoms with E-state index in [0.717, 1.165) is 17.4 Å². The average molecular weight is 577 g/mol. The van der Waals surface area contributed by atoms with Gasteiger partial charge in [-0.25, -0.2) is 0 Å². The van der Waals surface area contributed by atoms with E-state index in [1.54, 1.807) is 6.07 Å². The minimum absolute atomic E-state index is 0.137. The van der Waals surface area contributed by atoms with Crippen molar-refractivity contribution in [3.05, 3.63) is 90.5 Å². The molecule has 2 aliphatic heterocycles. The molecule has 3 heterocycles. The minimum Gasteiger partial charge on any atom is -0.490 e. The summed E-state index contributed by atoms with van der Waals surface area (Å²) in [6.45, 7) is 3.55. The van der Waals surface area contributed by atoms with Crippen LogP contribution < -0.4 is 19.4 Å². The van der Waals surface area contributed by atoms with Gasteiger partial charge in [0.1, 0.15) is 11.9 Å². The van der Waals surface area contributed by atoms with Crippen molar-refractivity contribution in [3.63, 3.8) is 0 Å². The number of morpholine rings is 1. The number of para-hydroxylation sites is 3. The van der Waals surface area contributed by atoms with Crippen LogP contribution in [0.15, 0.2) is 84.9 Å². The molecule has 2 fully saturated rings. The topological polar surface area (TPSA) is 66.8 Å². The van der Waals surface area contributed by atoms with E-state index in [-0.39, 0.29) is 11.9 Å². The molecular formula is C31H31F3N6O2. The van der Waals surface area contributed by atoms with Crippen molar-refractivity contribution in [3.8, 4) is 5.75 Å². The van der Waals surface area contributed by atoms with Gasteiger partial charge < -0.3 is 19.3 Å². The zero-order valence-electron chi connectivity index (χ0n) is 23.0. The molecule has 0 spiro atoms. The summed E-state index contributed by atoms with van der Waals surface area (Å²) in [6, 6.07) is 25.2. The van der Waals surface area contributed by atoms with Crippen molar-refractivity contribution < 1.29 is 22.6 Å². The van der Waals surface area contributed by atoms with Crippen LogP contribution in [0.4, 0.5) is 42.4 Å². The Labute approximate surface area is 242 Å². The van der Waals surface area contributed by atoms with E-state index in [0.29, 0.717) is 70.1 Å². The molecule has 0 N–H and O–H groups in total. The van der Waals surface area contributed by atoms with Crippen molar-refractivity contribution in [2.24, 2.45) is 0 Å². The standard InChI is InChI=1S/C31H31F3N6O2/c32-31(33,34)26-13-7-8-14-27(26)42-25-15-17-38(18-16-25)28-35-29(39-19-21-41-22-20-39)37-30(36-28)40(23-9-3-1-4-10-23)24-11-5-2-6-12-24/h1-14,25H,15-22H2. The van der Waals surface area contributed by atoms with Gasteiger partial charge in [0.05, 0.1) is 18.8 Å². The maximum absolute atomic E-state index is 13.5. The molecule has 2 saturated heterocycles. The summed E-state index contributed by atoms with van der Waals surface area (Å²) in [5, 5.41) is 0. The van der Waals surface area contributed by atoms with Crippen LogP contribution in [0.5, 0.6) is 5.75 Å². The number of rotatable bonds is 7. The van der Waals surface area contributed by atoms with Gasteiger partial charge in [-0.1, -0.05) is 48.5 Å². The second-order valence-electron chi connectivity index (χ2n) is 10.1. The number of piperidine rings is 1. The highest BCUT2D eigenvalue weighted by Crippen LogP contribution is 2.38. The fourth-order valence-corrected chi connectivity index (χ4v) is 5.18. The van der Waals surface area contributed by atoms with E-state index in [1.807, 2.05) is 65.6 Å². The molecule has 218 valence electrons. The second kappa shape index (κ2) is 12.2. The Hall–Kier alpha value is -4.38. The van der Waals surface area contributed by atoms with Gasteiger partial charge in [0.2, 0.25) is 17.8 Å². The Kier molecular flexibility index (Phi) is 8.09. The van der Waals surface area contributed by atoms with Crippen molar-refractivity contribution in [2.75, 3.05) is 54.1 Å². The zero-order valence-corrected chi connectivity index (χ0v) is 23.0. The molecule has 42 heavy (non-hydrogen) atoms. The van der Waals surface area contributed by atoms with Crippen molar-refractivity contribution in [2.45, 2.75) is 25.1 Å². The highest BCUT2D eigenvalue weighted by Gasteiger charge is 2.35. The molecule has 2 aliphatic rings. The van der Waals surface area contributed by atoms with E-state index in [9.17, 15) is 13.2 Å². The van der Waals surface area contributed by atoms with Gasteiger partial charge in [0.25, 0.3) is 0 Å². The number of aromatic nitrogens is 3. The van der Waals surface area contributed by atoms with E-state index in [4.69, 9.17) is 24.4 Å². The summed E-state index contributed by atoms with van der Waals surface area (Å²) >= 11 is 0. The van der Waals surface area contributed by atoms with Crippen molar-refractivity contribution in [1.82, 2.24) is 15.0 Å². The van der Waals surface area contributed by atoms with Crippen LogP contribution in [0.2, 0.25) is 0 Å². The normalized spacial score (nSPS) is 16.4. The third kappa shape index (κ3) is 6.25. The Morgan fingerprint density at radius 2 is 1.21 bits per heavy atom. The van der Waals surface area contributed by atoms with E-state index in [1.165, 1.54) is 12.1 Å². The lowest BCUT2D eigenvalue weighted by molar-refractivity contribution is -0.139. The molecule has 0 atom stereocenters. The van der Waals surface area contributed by atoms with Gasteiger partial charge >= 0.3 is 6.18 Å². The number of hydrogen-bond acceptors (Lipinski definition) is 8. The molecule has 0 amide bonds. The number of anilines is 5. The van der Waals surface area contributed by atoms with Crippen LogP contribution in [0.25, 0.3) is 0 Å². The number of ether oxygens (including phenoxy) is 2. The second-order valence-corrected chi connectivity index (χ2v) is 10.1. The van der Waals surface area contributed by atoms with Gasteiger partial charge in [-0.3, -0.25) is 4.90 Å². The van der Waals surface area contributed by atoms with Crippen LogP contribution in [0, 0.1) is 0 Å². The summed E-state index contributed by atoms with van der Waals surface area (Å²) in [5.41, 5.74) is 1.06. The fraction of sp³-hybridized carbons (Fsp3) is 0.323. The number of nitrogens with zero attached hydrogens (tertiary/aromatic N) is 6. The first-order valence-electron chi connectivity index (χ1n) is 14.0. The Morgan fingerprint density at radius 3 is 1.79 bits per heavy atom. The Morgan fingerprint density at radius 1 is 0.690 bits per heavy atom. The lowest BCUT2D eigenvalue weighted by Crippen LogP contribution is -2.41. The minimum atomic E-state index is -4.47. The number of alkyl halides is 3. The SMILES string of the molecule is FC(F)(F)c1ccccc1OC1CCN(c2nc(N3CCOCC3)nc(N(c3ccccc3)c3ccccc3)n2)CC1. The molecule has 8 nitrogen and oxygen atoms in total. The number of hydrogen-bond donors (Lipinski definition) is 0. The molecule has 0 radical (unpaired) electrons. The van der Waals surface area contributed by atoms with E-state index >= 15 is 0 Å². The van der Waals surface area contributed by atoms with E-state index < -0.39 is 11.7 Å². The quantitative estimate of drug-likeness (QED) is 0.256. The molecule has 1 aromatic heterocycles. The summed E-state index contributed by atoms with van der Waals surface area (Å²) in [5.74, 6) is 1.43. The van der Waals surface area contributed by atoms with Crippen molar-refractivity contribution in [1.29, 1.82) is 0 Å². The Balaban J connectivity index is 1.29. The number of benzene rings is 3. The largest absolute Gasteiger partial charge is 0.490 e. The Bertz CT molecular complexity index is 1420. The highest BCUT2D eigenvalue weighted by atomic mass is 19.4. The van der Waals surface area contributed by atoms with Crippen LogP contribution in [-0.2, 0) is 10.9 Å². The van der Waals surface area contributed by atoms with E-state index in [2.05, 4.69) is 9.80 Å². The zero-order chi connectivity index (χ0) is 28.9. The molecular weight excluding hydrogens is 545 g/mol. The van der Waals surface area contributed by atoms with Gasteiger partial charge in [-0.2, -0.15) is 28.1 Å². The van der Waals surface area contributed by atoms with Crippen LogP contribution in [0.3, 0.4) is 0 Å². The summed E-state index contributed by atoms with van der Waals surface area (Å²) in [6.07, 6.45) is -3.77. The number of halogens is 3. The van der Waals surface area contributed by atoms with Crippen LogP contribution >= 0.6 is 0 Å². The first kappa shape index (κ1) is 27.8. The molecule has 11 heteroatoms. The molecule has 4 aromatic rings. The predicted molar refractivity (Wildman–Crippen MR) is 155 cm³/mol. The average Bonchev–Trinajstić information content (AvgIpc) is 3.03. The maximum atomic E-state index is 13.5. The molecule has 0 bridgehead atoms. The van der Waals surface area contributed by atoms with Crippen molar-refractivity contribution >= 4 is 29.2 Å². The monoisotopic (exact) mass is 576 g/mol. The fourth-order valence-electron chi connectivity index (χ4n) is 5.18. The third-order valence-corrected chi connectivity index (χ3v) is 7.33. The predicted octanol–water partition coefficient (Wildman–Crippen LogP) is 6.24. The molecule has 0 unspecified atom stereocenters. The van der Waals surface area contributed by atoms with Gasteiger partial charge in [0.15, 0.2) is 0 Å². The lowest BCUT2D eigenvalue weighted by atomic mass is 10.1. The molecule has 3 aromatic carbocycles. The highest BCUT2D eigenvalue weighted by molar-refractivity contribution is 5.73. The van der Waals surface area contributed by atoms with Crippen LogP contribution in [0.1, 0.15) is 18.4 Å². The molecule has 0 saturated carbocycles. The summed E-state index contributed by atoms with van der Waals surface area (Å²) in [7, 11) is 0. The van der Waals surface area contributed by atoms with Crippen LogP contribution in [-0.4, -0.2) is 60.4 Å². The molecule has 0 aliphatic carbocycles. The lowest BCUT2D eigenvalue weighted by Gasteiger charge is -2.34. The first-order chi connectivity index (χ1) is 20.5. The van der Waals surface area contributed by atoms with Gasteiger partial charge in [-0.05, 0) is 36.4 Å². The summed E-state index contributed by atoms with van der Waals surface area (Å²) < 4.78 is 51.9.